The molecule has 0 bridgehead atoms. The lowest BCUT2D eigenvalue weighted by Gasteiger charge is -2.05. The first-order valence-corrected chi connectivity index (χ1v) is 8.13. The second-order valence-electron chi connectivity index (χ2n) is 5.21. The molecule has 0 aliphatic rings. The molecule has 0 spiro atoms. The number of rotatable bonds is 6. The lowest BCUT2D eigenvalue weighted by molar-refractivity contribution is -0.143. The van der Waals surface area contributed by atoms with Crippen LogP contribution in [0, 0.1) is 25.2 Å². The minimum atomic E-state index is -1.00. The molecule has 0 radical (unpaired) electrons. The van der Waals surface area contributed by atoms with Crippen molar-refractivity contribution in [2.45, 2.75) is 19.8 Å². The van der Waals surface area contributed by atoms with Crippen LogP contribution in [-0.2, 0) is 14.3 Å². The highest BCUT2D eigenvalue weighted by Gasteiger charge is 2.24. The maximum absolute atomic E-state index is 12.0. The van der Waals surface area contributed by atoms with Crippen molar-refractivity contribution < 1.29 is 14.3 Å². The molecule has 2 rings (SSSR count). The van der Waals surface area contributed by atoms with Crippen LogP contribution in [0.1, 0.15) is 27.7 Å². The molecule has 1 aromatic heterocycles. The summed E-state index contributed by atoms with van der Waals surface area (Å²) in [6.07, 6.45) is 2.87. The van der Waals surface area contributed by atoms with Gasteiger partial charge < -0.3 is 4.74 Å². The smallest absolute Gasteiger partial charge is 0.331 e. The average molecular weight is 340 g/mol. The quantitative estimate of drug-likeness (QED) is 0.596. The molecule has 0 amide bonds. The number of hydrogen-bond acceptors (Lipinski definition) is 6. The van der Waals surface area contributed by atoms with Gasteiger partial charge in [0.05, 0.1) is 6.07 Å². The fourth-order valence-electron chi connectivity index (χ4n) is 1.89. The Morgan fingerprint density at radius 1 is 1.33 bits per heavy atom. The standard InChI is InChI=1S/C18H16N2O3S/c1-12-3-5-14(6-4-12)7-8-17(22)23-10-16(21)15(9-19)18-20-13(2)11-24-18/h3-8,11,15H,10H2,1-2H3/b8-7+/t15-/m0/s1. The van der Waals surface area contributed by atoms with Crippen LogP contribution < -0.4 is 0 Å². The fourth-order valence-corrected chi connectivity index (χ4v) is 2.75. The first kappa shape index (κ1) is 17.6. The zero-order valence-electron chi connectivity index (χ0n) is 13.4. The zero-order chi connectivity index (χ0) is 17.5. The van der Waals surface area contributed by atoms with Gasteiger partial charge in [-0.15, -0.1) is 11.3 Å². The molecule has 0 saturated heterocycles. The number of aryl methyl sites for hydroxylation is 2. The van der Waals surface area contributed by atoms with E-state index in [1.807, 2.05) is 37.3 Å². The largest absolute Gasteiger partial charge is 0.454 e. The van der Waals surface area contributed by atoms with Gasteiger partial charge in [-0.1, -0.05) is 29.8 Å². The summed E-state index contributed by atoms with van der Waals surface area (Å²) in [5.74, 6) is -2.11. The van der Waals surface area contributed by atoms with E-state index in [4.69, 9.17) is 10.00 Å². The van der Waals surface area contributed by atoms with Gasteiger partial charge in [0.2, 0.25) is 0 Å². The Balaban J connectivity index is 1.89. The number of thiazole rings is 1. The molecule has 2 aromatic rings. The first-order chi connectivity index (χ1) is 11.5. The predicted octanol–water partition coefficient (Wildman–Crippen LogP) is 3.19. The number of carbonyl (C=O) groups is 2. The number of ether oxygens (including phenoxy) is 1. The highest BCUT2D eigenvalue weighted by Crippen LogP contribution is 2.20. The molecule has 1 heterocycles. The minimum Gasteiger partial charge on any atom is -0.454 e. The number of nitrogens with zero attached hydrogens (tertiary/aromatic N) is 2. The molecule has 1 aromatic carbocycles. The van der Waals surface area contributed by atoms with E-state index in [9.17, 15) is 9.59 Å². The van der Waals surface area contributed by atoms with E-state index in [0.717, 1.165) is 16.8 Å². The Morgan fingerprint density at radius 3 is 2.62 bits per heavy atom. The van der Waals surface area contributed by atoms with Crippen molar-refractivity contribution in [2.75, 3.05) is 6.61 Å². The van der Waals surface area contributed by atoms with Gasteiger partial charge in [0.1, 0.15) is 5.01 Å². The third-order valence-corrected chi connectivity index (χ3v) is 4.21. The second kappa shape index (κ2) is 8.18. The summed E-state index contributed by atoms with van der Waals surface area (Å²) in [7, 11) is 0. The van der Waals surface area contributed by atoms with Crippen molar-refractivity contribution in [2.24, 2.45) is 0 Å². The maximum atomic E-state index is 12.0. The molecule has 0 unspecified atom stereocenters. The van der Waals surface area contributed by atoms with Crippen LogP contribution in [0.15, 0.2) is 35.7 Å². The highest BCUT2D eigenvalue weighted by molar-refractivity contribution is 7.09. The molecule has 1 atom stereocenters. The lowest BCUT2D eigenvalue weighted by Crippen LogP contribution is -2.19. The van der Waals surface area contributed by atoms with E-state index < -0.39 is 24.3 Å². The summed E-state index contributed by atoms with van der Waals surface area (Å²) in [5, 5.41) is 11.3. The average Bonchev–Trinajstić information content (AvgIpc) is 2.99. The highest BCUT2D eigenvalue weighted by atomic mass is 32.1. The third kappa shape index (κ3) is 4.86. The second-order valence-corrected chi connectivity index (χ2v) is 6.10. The van der Waals surface area contributed by atoms with Gasteiger partial charge in [-0.3, -0.25) is 4.79 Å². The van der Waals surface area contributed by atoms with Crippen molar-refractivity contribution in [1.29, 1.82) is 5.26 Å². The van der Waals surface area contributed by atoms with E-state index in [0.29, 0.717) is 5.01 Å². The zero-order valence-corrected chi connectivity index (χ0v) is 14.2. The van der Waals surface area contributed by atoms with Gasteiger partial charge in [-0.05, 0) is 25.5 Å². The molecule has 0 fully saturated rings. The minimum absolute atomic E-state index is 0.422. The van der Waals surface area contributed by atoms with Crippen LogP contribution in [0.2, 0.25) is 0 Å². The van der Waals surface area contributed by atoms with Crippen molar-refractivity contribution in [3.05, 3.63) is 57.6 Å². The SMILES string of the molecule is Cc1ccc(/C=C/C(=O)OCC(=O)[C@H](C#N)c2nc(C)cs2)cc1. The number of Topliss-reactive ketones (excluding diaryl/α,β-unsaturated/α-hetero) is 1. The number of hydrogen-bond donors (Lipinski definition) is 0. The Kier molecular flexibility index (Phi) is 5.99. The van der Waals surface area contributed by atoms with Crippen LogP contribution in [0.5, 0.6) is 0 Å². The summed E-state index contributed by atoms with van der Waals surface area (Å²) in [5.41, 5.74) is 2.73. The topological polar surface area (TPSA) is 80.0 Å². The van der Waals surface area contributed by atoms with Crippen LogP contribution in [0.25, 0.3) is 6.08 Å². The van der Waals surface area contributed by atoms with Gasteiger partial charge in [0, 0.05) is 17.2 Å². The van der Waals surface area contributed by atoms with E-state index in [-0.39, 0.29) is 0 Å². The normalized spacial score (nSPS) is 11.9. The van der Waals surface area contributed by atoms with Crippen molar-refractivity contribution in [3.63, 3.8) is 0 Å². The molecular formula is C18H16N2O3S. The van der Waals surface area contributed by atoms with Crippen LogP contribution in [0.4, 0.5) is 0 Å². The molecule has 122 valence electrons. The summed E-state index contributed by atoms with van der Waals surface area (Å²) >= 11 is 1.24. The number of benzene rings is 1. The molecule has 5 nitrogen and oxygen atoms in total. The Morgan fingerprint density at radius 2 is 2.04 bits per heavy atom. The number of nitriles is 1. The molecule has 0 aliphatic heterocycles. The number of aromatic nitrogens is 1. The number of ketones is 1. The lowest BCUT2D eigenvalue weighted by atomic mass is 10.1. The van der Waals surface area contributed by atoms with Crippen molar-refractivity contribution in [1.82, 2.24) is 4.98 Å². The van der Waals surface area contributed by atoms with Gasteiger partial charge >= 0.3 is 5.97 Å². The van der Waals surface area contributed by atoms with E-state index in [2.05, 4.69) is 4.98 Å². The van der Waals surface area contributed by atoms with Crippen LogP contribution in [0.3, 0.4) is 0 Å². The Labute approximate surface area is 144 Å². The van der Waals surface area contributed by atoms with E-state index >= 15 is 0 Å². The number of carbonyl (C=O) groups excluding carboxylic acids is 2. The third-order valence-electron chi connectivity index (χ3n) is 3.18. The van der Waals surface area contributed by atoms with Crippen LogP contribution >= 0.6 is 11.3 Å². The monoisotopic (exact) mass is 340 g/mol. The van der Waals surface area contributed by atoms with Gasteiger partial charge in [-0.25, -0.2) is 9.78 Å². The Hall–Kier alpha value is -2.78. The van der Waals surface area contributed by atoms with Crippen molar-refractivity contribution >= 4 is 29.2 Å². The molecular weight excluding hydrogens is 324 g/mol. The Bertz CT molecular complexity index is 800. The summed E-state index contributed by atoms with van der Waals surface area (Å²) in [6, 6.07) is 9.52. The molecule has 24 heavy (non-hydrogen) atoms. The van der Waals surface area contributed by atoms with Gasteiger partial charge in [0.15, 0.2) is 18.3 Å². The summed E-state index contributed by atoms with van der Waals surface area (Å²) in [4.78, 5) is 27.9. The maximum Gasteiger partial charge on any atom is 0.331 e. The van der Waals surface area contributed by atoms with E-state index in [1.165, 1.54) is 17.4 Å². The number of esters is 1. The molecule has 6 heteroatoms. The summed E-state index contributed by atoms with van der Waals surface area (Å²) < 4.78 is 4.91. The molecule has 0 saturated carbocycles. The van der Waals surface area contributed by atoms with Crippen molar-refractivity contribution in [3.8, 4) is 6.07 Å². The predicted molar refractivity (Wildman–Crippen MR) is 91.4 cm³/mol. The van der Waals surface area contributed by atoms with Crippen LogP contribution in [-0.4, -0.2) is 23.3 Å². The summed E-state index contributed by atoms with van der Waals surface area (Å²) in [6.45, 7) is 3.31. The fraction of sp³-hybridized carbons (Fsp3) is 0.222. The first-order valence-electron chi connectivity index (χ1n) is 7.25. The van der Waals surface area contributed by atoms with E-state index in [1.54, 1.807) is 18.4 Å². The van der Waals surface area contributed by atoms with Gasteiger partial charge in [0.25, 0.3) is 0 Å². The molecule has 0 N–H and O–H groups in total. The van der Waals surface area contributed by atoms with Gasteiger partial charge in [-0.2, -0.15) is 5.26 Å². The molecule has 0 aliphatic carbocycles.